The number of para-hydroxylation sites is 1. The molecule has 0 saturated carbocycles. The van der Waals surface area contributed by atoms with E-state index in [0.717, 1.165) is 16.5 Å². The van der Waals surface area contributed by atoms with Gasteiger partial charge < -0.3 is 14.6 Å². The molecule has 30 heavy (non-hydrogen) atoms. The highest BCUT2D eigenvalue weighted by molar-refractivity contribution is 6.10. The summed E-state index contributed by atoms with van der Waals surface area (Å²) < 4.78 is 5.47. The number of nitrogens with one attached hydrogen (secondary N) is 1. The molecular weight excluding hydrogens is 380 g/mol. The van der Waals surface area contributed by atoms with Gasteiger partial charge in [-0.15, -0.1) is 0 Å². The number of carbonyl (C=O) groups excluding carboxylic acids is 3. The third-order valence-corrected chi connectivity index (χ3v) is 5.76. The molecule has 4 rings (SSSR count). The van der Waals surface area contributed by atoms with E-state index in [1.54, 1.807) is 18.0 Å². The summed E-state index contributed by atoms with van der Waals surface area (Å²) >= 11 is 0. The second-order valence-electron chi connectivity index (χ2n) is 7.73. The van der Waals surface area contributed by atoms with E-state index in [1.165, 1.54) is 0 Å². The molecule has 3 atom stereocenters. The van der Waals surface area contributed by atoms with Crippen molar-refractivity contribution in [3.05, 3.63) is 71.9 Å². The van der Waals surface area contributed by atoms with E-state index in [2.05, 4.69) is 4.98 Å². The third-order valence-electron chi connectivity index (χ3n) is 5.76. The summed E-state index contributed by atoms with van der Waals surface area (Å²) in [6.07, 6.45) is 0.816. The minimum atomic E-state index is -0.924. The minimum Gasteiger partial charge on any atom is -0.454 e. The highest BCUT2D eigenvalue weighted by Crippen LogP contribution is 2.29. The van der Waals surface area contributed by atoms with E-state index >= 15 is 0 Å². The average Bonchev–Trinajstić information content (AvgIpc) is 3.37. The number of likely N-dealkylation sites (tertiary alicyclic amines) is 1. The second kappa shape index (κ2) is 8.14. The zero-order valence-corrected chi connectivity index (χ0v) is 17.0. The molecular formula is C24H24N2O4. The van der Waals surface area contributed by atoms with Gasteiger partial charge in [0.15, 0.2) is 6.10 Å². The maximum Gasteiger partial charge on any atom is 0.311 e. The van der Waals surface area contributed by atoms with Gasteiger partial charge in [0.05, 0.1) is 12.0 Å². The summed E-state index contributed by atoms with van der Waals surface area (Å²) in [5.74, 6) is -1.42. The van der Waals surface area contributed by atoms with Crippen LogP contribution in [0, 0.1) is 5.92 Å². The van der Waals surface area contributed by atoms with Gasteiger partial charge in [0, 0.05) is 35.6 Å². The number of fused-ring (bicyclic) bond motifs is 1. The Kier molecular flexibility index (Phi) is 5.40. The zero-order chi connectivity index (χ0) is 21.3. The van der Waals surface area contributed by atoms with Crippen molar-refractivity contribution in [2.24, 2.45) is 5.92 Å². The molecule has 1 amide bonds. The van der Waals surface area contributed by atoms with Crippen molar-refractivity contribution in [2.75, 3.05) is 6.54 Å². The number of rotatable bonds is 6. The standard InChI is InChI=1S/C24H24N2O4/c1-15(17-8-4-3-5-9-17)26-14-18(12-22(26)27)24(29)30-16(2)23(28)20-13-25-21-11-7-6-10-19(20)21/h3-11,13,15-16,18,25H,12,14H2,1-2H3/t15-,16+,18-/m1/s1. The van der Waals surface area contributed by atoms with Crippen LogP contribution in [-0.4, -0.2) is 40.2 Å². The van der Waals surface area contributed by atoms with Crippen LogP contribution >= 0.6 is 0 Å². The van der Waals surface area contributed by atoms with Gasteiger partial charge in [-0.1, -0.05) is 48.5 Å². The van der Waals surface area contributed by atoms with Crippen molar-refractivity contribution in [1.82, 2.24) is 9.88 Å². The zero-order valence-electron chi connectivity index (χ0n) is 17.0. The first-order valence-electron chi connectivity index (χ1n) is 10.1. The van der Waals surface area contributed by atoms with Crippen LogP contribution in [0.2, 0.25) is 0 Å². The van der Waals surface area contributed by atoms with Crippen molar-refractivity contribution in [3.8, 4) is 0 Å². The molecule has 2 aromatic carbocycles. The molecule has 0 spiro atoms. The predicted octanol–water partition coefficient (Wildman–Crippen LogP) is 3.89. The maximum absolute atomic E-state index is 12.8. The van der Waals surface area contributed by atoms with Crippen LogP contribution in [0.5, 0.6) is 0 Å². The molecule has 1 aliphatic rings. The summed E-state index contributed by atoms with van der Waals surface area (Å²) in [5, 5.41) is 0.796. The van der Waals surface area contributed by atoms with Gasteiger partial charge in [-0.05, 0) is 25.5 Å². The Morgan fingerprint density at radius 1 is 1.07 bits per heavy atom. The van der Waals surface area contributed by atoms with Crippen LogP contribution in [0.15, 0.2) is 60.8 Å². The summed E-state index contributed by atoms with van der Waals surface area (Å²) in [6.45, 7) is 3.81. The van der Waals surface area contributed by atoms with Crippen molar-refractivity contribution < 1.29 is 19.1 Å². The number of H-pyrrole nitrogens is 1. The summed E-state index contributed by atoms with van der Waals surface area (Å²) in [5.41, 5.74) is 2.36. The van der Waals surface area contributed by atoms with Crippen molar-refractivity contribution >= 4 is 28.6 Å². The van der Waals surface area contributed by atoms with Gasteiger partial charge in [0.25, 0.3) is 0 Å². The number of Topliss-reactive ketones (excluding diaryl/α,β-unsaturated/α-hetero) is 1. The lowest BCUT2D eigenvalue weighted by Crippen LogP contribution is -2.31. The van der Waals surface area contributed by atoms with Crippen molar-refractivity contribution in [3.63, 3.8) is 0 Å². The molecule has 1 aliphatic heterocycles. The highest BCUT2D eigenvalue weighted by Gasteiger charge is 2.39. The number of hydrogen-bond donors (Lipinski definition) is 1. The highest BCUT2D eigenvalue weighted by atomic mass is 16.5. The molecule has 0 aliphatic carbocycles. The number of esters is 1. The first kappa shape index (κ1) is 19.9. The summed E-state index contributed by atoms with van der Waals surface area (Å²) in [7, 11) is 0. The molecule has 2 heterocycles. The molecule has 6 nitrogen and oxygen atoms in total. The average molecular weight is 404 g/mol. The number of benzene rings is 2. The first-order valence-corrected chi connectivity index (χ1v) is 10.1. The molecule has 3 aromatic rings. The number of aromatic amines is 1. The van der Waals surface area contributed by atoms with Gasteiger partial charge in [0.2, 0.25) is 11.7 Å². The Bertz CT molecular complexity index is 1090. The number of ether oxygens (including phenoxy) is 1. The Hall–Kier alpha value is -3.41. The molecule has 0 bridgehead atoms. The van der Waals surface area contributed by atoms with Crippen LogP contribution in [0.3, 0.4) is 0 Å². The van der Waals surface area contributed by atoms with E-state index in [-0.39, 0.29) is 24.2 Å². The molecule has 1 aromatic heterocycles. The number of nitrogens with zero attached hydrogens (tertiary/aromatic N) is 1. The number of hydrogen-bond acceptors (Lipinski definition) is 4. The Balaban J connectivity index is 1.41. The minimum absolute atomic E-state index is 0.0797. The van der Waals surface area contributed by atoms with E-state index in [4.69, 9.17) is 4.74 Å². The van der Waals surface area contributed by atoms with Gasteiger partial charge in [-0.3, -0.25) is 14.4 Å². The lowest BCUT2D eigenvalue weighted by atomic mass is 10.1. The lowest BCUT2D eigenvalue weighted by Gasteiger charge is -2.25. The van der Waals surface area contributed by atoms with Gasteiger partial charge in [-0.2, -0.15) is 0 Å². The van der Waals surface area contributed by atoms with Crippen LogP contribution in [0.4, 0.5) is 0 Å². The molecule has 0 unspecified atom stereocenters. The molecule has 1 saturated heterocycles. The largest absolute Gasteiger partial charge is 0.454 e. The van der Waals surface area contributed by atoms with Crippen LogP contribution in [0.25, 0.3) is 10.9 Å². The van der Waals surface area contributed by atoms with Gasteiger partial charge in [-0.25, -0.2) is 0 Å². The fraction of sp³-hybridized carbons (Fsp3) is 0.292. The fourth-order valence-corrected chi connectivity index (χ4v) is 3.99. The smallest absolute Gasteiger partial charge is 0.311 e. The van der Waals surface area contributed by atoms with E-state index in [0.29, 0.717) is 12.1 Å². The molecule has 6 heteroatoms. The number of ketones is 1. The topological polar surface area (TPSA) is 79.5 Å². The Morgan fingerprint density at radius 2 is 1.77 bits per heavy atom. The first-order chi connectivity index (χ1) is 14.5. The maximum atomic E-state index is 12.8. The van der Waals surface area contributed by atoms with Crippen LogP contribution < -0.4 is 0 Å². The fourth-order valence-electron chi connectivity index (χ4n) is 3.99. The molecule has 1 fully saturated rings. The number of carbonyl (C=O) groups is 3. The van der Waals surface area contributed by atoms with E-state index < -0.39 is 18.0 Å². The Morgan fingerprint density at radius 3 is 2.53 bits per heavy atom. The SMILES string of the molecule is C[C@H](OC(=O)[C@@H]1CC(=O)N([C@H](C)c2ccccc2)C1)C(=O)c1c[nH]c2ccccc12. The molecule has 154 valence electrons. The number of aromatic nitrogens is 1. The quantitative estimate of drug-likeness (QED) is 0.499. The lowest BCUT2D eigenvalue weighted by molar-refractivity contribution is -0.151. The van der Waals surface area contributed by atoms with Crippen molar-refractivity contribution in [1.29, 1.82) is 0 Å². The summed E-state index contributed by atoms with van der Waals surface area (Å²) in [4.78, 5) is 42.8. The van der Waals surface area contributed by atoms with Gasteiger partial charge in [0.1, 0.15) is 0 Å². The van der Waals surface area contributed by atoms with E-state index in [9.17, 15) is 14.4 Å². The second-order valence-corrected chi connectivity index (χ2v) is 7.73. The number of amides is 1. The molecule has 0 radical (unpaired) electrons. The van der Waals surface area contributed by atoms with Gasteiger partial charge >= 0.3 is 5.97 Å². The summed E-state index contributed by atoms with van der Waals surface area (Å²) in [6, 6.07) is 17.1. The van der Waals surface area contributed by atoms with Crippen molar-refractivity contribution in [2.45, 2.75) is 32.4 Å². The van der Waals surface area contributed by atoms with Crippen LogP contribution in [0.1, 0.15) is 42.2 Å². The molecule has 1 N–H and O–H groups in total. The monoisotopic (exact) mass is 404 g/mol. The predicted molar refractivity (Wildman–Crippen MR) is 113 cm³/mol. The third kappa shape index (κ3) is 3.73. The van der Waals surface area contributed by atoms with Crippen LogP contribution in [-0.2, 0) is 14.3 Å². The normalized spacial score (nSPS) is 18.4. The Labute approximate surface area is 174 Å². The van der Waals surface area contributed by atoms with E-state index in [1.807, 2.05) is 61.5 Å².